The molecule has 0 aliphatic rings. The van der Waals surface area contributed by atoms with Crippen molar-refractivity contribution in [1.29, 1.82) is 0 Å². The van der Waals surface area contributed by atoms with Crippen LogP contribution in [0.4, 0.5) is 0 Å². The monoisotopic (exact) mass is 183 g/mol. The summed E-state index contributed by atoms with van der Waals surface area (Å²) in [7, 11) is 0. The third-order valence-electron chi connectivity index (χ3n) is 2.22. The molecule has 0 heterocycles. The molecule has 0 saturated heterocycles. The van der Waals surface area contributed by atoms with E-state index in [1.807, 2.05) is 13.0 Å². The minimum absolute atomic E-state index is 0.188. The summed E-state index contributed by atoms with van der Waals surface area (Å²) in [6.45, 7) is 6.30. The number of hydrogen-bond donors (Lipinski definition) is 1. The van der Waals surface area contributed by atoms with Gasteiger partial charge in [0.2, 0.25) is 0 Å². The maximum absolute atomic E-state index is 11.4. The van der Waals surface area contributed by atoms with Crippen LogP contribution in [0.2, 0.25) is 0 Å². The molecule has 0 spiro atoms. The van der Waals surface area contributed by atoms with Crippen molar-refractivity contribution in [3.8, 4) is 0 Å². The fourth-order valence-corrected chi connectivity index (χ4v) is 1.25. The van der Waals surface area contributed by atoms with Crippen molar-refractivity contribution in [2.45, 2.75) is 39.0 Å². The number of carbonyl (C=O) groups is 1. The minimum atomic E-state index is 0.188. The SMILES string of the molecule is C=CCCCC(=O)C(C)CCCN. The molecule has 2 N–H and O–H groups in total. The molecule has 76 valence electrons. The lowest BCUT2D eigenvalue weighted by molar-refractivity contribution is -0.122. The van der Waals surface area contributed by atoms with Crippen molar-refractivity contribution in [2.75, 3.05) is 6.54 Å². The second kappa shape index (κ2) is 7.99. The average molecular weight is 183 g/mol. The van der Waals surface area contributed by atoms with Gasteiger partial charge in [-0.15, -0.1) is 6.58 Å². The topological polar surface area (TPSA) is 43.1 Å². The zero-order valence-corrected chi connectivity index (χ0v) is 8.59. The lowest BCUT2D eigenvalue weighted by atomic mass is 9.97. The molecule has 0 radical (unpaired) electrons. The van der Waals surface area contributed by atoms with Gasteiger partial charge in [0.05, 0.1) is 0 Å². The zero-order valence-electron chi connectivity index (χ0n) is 8.59. The standard InChI is InChI=1S/C11H21NO/c1-3-4-5-8-11(13)10(2)7-6-9-12/h3,10H,1,4-9,12H2,2H3. The molecular formula is C11H21NO. The van der Waals surface area contributed by atoms with Crippen LogP contribution in [0.5, 0.6) is 0 Å². The van der Waals surface area contributed by atoms with Crippen molar-refractivity contribution in [3.63, 3.8) is 0 Å². The third-order valence-corrected chi connectivity index (χ3v) is 2.22. The maximum atomic E-state index is 11.4. The highest BCUT2D eigenvalue weighted by molar-refractivity contribution is 5.80. The van der Waals surface area contributed by atoms with Crippen LogP contribution in [0.1, 0.15) is 39.0 Å². The van der Waals surface area contributed by atoms with Crippen molar-refractivity contribution in [2.24, 2.45) is 11.7 Å². The molecule has 0 aliphatic heterocycles. The molecule has 0 bridgehead atoms. The van der Waals surface area contributed by atoms with E-state index in [0.29, 0.717) is 18.7 Å². The molecule has 1 unspecified atom stereocenters. The molecule has 0 rings (SSSR count). The molecular weight excluding hydrogens is 162 g/mol. The van der Waals surface area contributed by atoms with E-state index in [0.717, 1.165) is 25.7 Å². The van der Waals surface area contributed by atoms with Gasteiger partial charge >= 0.3 is 0 Å². The molecule has 0 fully saturated rings. The summed E-state index contributed by atoms with van der Waals surface area (Å²) in [5.41, 5.74) is 5.37. The second-order valence-electron chi connectivity index (χ2n) is 3.48. The molecule has 2 heteroatoms. The smallest absolute Gasteiger partial charge is 0.135 e. The Morgan fingerprint density at radius 2 is 2.23 bits per heavy atom. The Morgan fingerprint density at radius 1 is 1.54 bits per heavy atom. The first kappa shape index (κ1) is 12.4. The van der Waals surface area contributed by atoms with Crippen molar-refractivity contribution < 1.29 is 4.79 Å². The van der Waals surface area contributed by atoms with E-state index in [1.54, 1.807) is 0 Å². The Morgan fingerprint density at radius 3 is 2.77 bits per heavy atom. The van der Waals surface area contributed by atoms with E-state index in [4.69, 9.17) is 5.73 Å². The van der Waals surface area contributed by atoms with Crippen LogP contribution in [0.15, 0.2) is 12.7 Å². The number of Topliss-reactive ketones (excluding diaryl/α,β-unsaturated/α-hetero) is 1. The summed E-state index contributed by atoms with van der Waals surface area (Å²) in [4.78, 5) is 11.4. The molecule has 0 saturated carbocycles. The zero-order chi connectivity index (χ0) is 10.1. The first-order valence-corrected chi connectivity index (χ1v) is 5.06. The van der Waals surface area contributed by atoms with Crippen molar-refractivity contribution in [3.05, 3.63) is 12.7 Å². The van der Waals surface area contributed by atoms with Gasteiger partial charge in [0, 0.05) is 12.3 Å². The van der Waals surface area contributed by atoms with Crippen LogP contribution < -0.4 is 5.73 Å². The van der Waals surface area contributed by atoms with E-state index >= 15 is 0 Å². The molecule has 0 aromatic heterocycles. The summed E-state index contributed by atoms with van der Waals surface area (Å²) < 4.78 is 0. The Labute approximate surface area is 81.2 Å². The molecule has 13 heavy (non-hydrogen) atoms. The highest BCUT2D eigenvalue weighted by atomic mass is 16.1. The number of ketones is 1. The number of carbonyl (C=O) groups excluding carboxylic acids is 1. The number of allylic oxidation sites excluding steroid dienone is 1. The molecule has 0 aliphatic carbocycles. The highest BCUT2D eigenvalue weighted by Gasteiger charge is 2.10. The van der Waals surface area contributed by atoms with Gasteiger partial charge in [-0.3, -0.25) is 4.79 Å². The molecule has 0 amide bonds. The Bertz CT molecular complexity index is 154. The lowest BCUT2D eigenvalue weighted by Crippen LogP contribution is -2.12. The van der Waals surface area contributed by atoms with Gasteiger partial charge in [0.25, 0.3) is 0 Å². The van der Waals surface area contributed by atoms with Gasteiger partial charge < -0.3 is 5.73 Å². The quantitative estimate of drug-likeness (QED) is 0.463. The summed E-state index contributed by atoms with van der Waals surface area (Å²) in [5.74, 6) is 0.559. The predicted octanol–water partition coefficient (Wildman–Crippen LogP) is 2.29. The lowest BCUT2D eigenvalue weighted by Gasteiger charge is -2.08. The maximum Gasteiger partial charge on any atom is 0.135 e. The van der Waals surface area contributed by atoms with Gasteiger partial charge in [-0.1, -0.05) is 13.0 Å². The van der Waals surface area contributed by atoms with Crippen LogP contribution in [-0.2, 0) is 4.79 Å². The molecule has 0 aromatic carbocycles. The van der Waals surface area contributed by atoms with E-state index in [9.17, 15) is 4.79 Å². The number of hydrogen-bond acceptors (Lipinski definition) is 2. The predicted molar refractivity (Wildman–Crippen MR) is 56.5 cm³/mol. The fourth-order valence-electron chi connectivity index (χ4n) is 1.25. The summed E-state index contributed by atoms with van der Waals surface area (Å²) in [6, 6.07) is 0. The highest BCUT2D eigenvalue weighted by Crippen LogP contribution is 2.10. The van der Waals surface area contributed by atoms with Gasteiger partial charge in [-0.05, 0) is 32.2 Å². The van der Waals surface area contributed by atoms with Crippen LogP contribution in [-0.4, -0.2) is 12.3 Å². The van der Waals surface area contributed by atoms with Gasteiger partial charge in [-0.25, -0.2) is 0 Å². The Hall–Kier alpha value is -0.630. The third kappa shape index (κ3) is 6.52. The minimum Gasteiger partial charge on any atom is -0.330 e. The Kier molecular flexibility index (Phi) is 7.60. The van der Waals surface area contributed by atoms with Crippen molar-refractivity contribution >= 4 is 5.78 Å². The van der Waals surface area contributed by atoms with Crippen LogP contribution >= 0.6 is 0 Å². The van der Waals surface area contributed by atoms with Gasteiger partial charge in [0.1, 0.15) is 5.78 Å². The summed E-state index contributed by atoms with van der Waals surface area (Å²) in [6.07, 6.45) is 6.32. The molecule has 2 nitrogen and oxygen atoms in total. The largest absolute Gasteiger partial charge is 0.330 e. The van der Waals surface area contributed by atoms with Crippen LogP contribution in [0.25, 0.3) is 0 Å². The first-order chi connectivity index (χ1) is 6.22. The number of unbranched alkanes of at least 4 members (excludes halogenated alkanes) is 1. The van der Waals surface area contributed by atoms with Gasteiger partial charge in [0.15, 0.2) is 0 Å². The van der Waals surface area contributed by atoms with Crippen LogP contribution in [0.3, 0.4) is 0 Å². The summed E-state index contributed by atoms with van der Waals surface area (Å²) in [5, 5.41) is 0. The average Bonchev–Trinajstić information content (AvgIpc) is 2.14. The van der Waals surface area contributed by atoms with Crippen molar-refractivity contribution in [1.82, 2.24) is 0 Å². The molecule has 0 aromatic rings. The van der Waals surface area contributed by atoms with E-state index in [1.165, 1.54) is 0 Å². The van der Waals surface area contributed by atoms with Gasteiger partial charge in [-0.2, -0.15) is 0 Å². The Balaban J connectivity index is 3.50. The first-order valence-electron chi connectivity index (χ1n) is 5.06. The normalized spacial score (nSPS) is 12.5. The van der Waals surface area contributed by atoms with E-state index in [2.05, 4.69) is 6.58 Å². The summed E-state index contributed by atoms with van der Waals surface area (Å²) >= 11 is 0. The number of rotatable bonds is 8. The second-order valence-corrected chi connectivity index (χ2v) is 3.48. The fraction of sp³-hybridized carbons (Fsp3) is 0.727. The van der Waals surface area contributed by atoms with Crippen LogP contribution in [0, 0.1) is 5.92 Å². The van der Waals surface area contributed by atoms with E-state index in [-0.39, 0.29) is 5.92 Å². The molecule has 1 atom stereocenters. The number of nitrogens with two attached hydrogens (primary N) is 1. The van der Waals surface area contributed by atoms with E-state index < -0.39 is 0 Å².